The molecule has 6 nitrogen and oxygen atoms in total. The van der Waals surface area contributed by atoms with Crippen molar-refractivity contribution in [1.29, 1.82) is 0 Å². The van der Waals surface area contributed by atoms with Gasteiger partial charge in [-0.1, -0.05) is 19.4 Å². The molecule has 0 bridgehead atoms. The number of ketones is 3. The average Bonchev–Trinajstić information content (AvgIpc) is 2.87. The summed E-state index contributed by atoms with van der Waals surface area (Å²) in [5.74, 6) is -1.21. The lowest BCUT2D eigenvalue weighted by atomic mass is 9.45. The zero-order chi connectivity index (χ0) is 19.8. The normalized spacial score (nSPS) is 49.1. The van der Waals surface area contributed by atoms with Gasteiger partial charge in [0.05, 0.1) is 6.10 Å². The molecule has 3 saturated carbocycles. The Balaban J connectivity index is 1.77. The Morgan fingerprint density at radius 1 is 1.26 bits per heavy atom. The van der Waals surface area contributed by atoms with Gasteiger partial charge in [0.15, 0.2) is 11.6 Å². The number of hydrogen-bond acceptors (Lipinski definition) is 6. The summed E-state index contributed by atoms with van der Waals surface area (Å²) >= 11 is 0. The minimum Gasteiger partial charge on any atom is -0.392 e. The molecule has 3 N–H and O–H groups in total. The predicted octanol–water partition coefficient (Wildman–Crippen LogP) is 0.961. The van der Waals surface area contributed by atoms with E-state index in [1.165, 1.54) is 0 Å². The molecule has 0 amide bonds. The topological polar surface area (TPSA) is 112 Å². The molecule has 4 unspecified atom stereocenters. The van der Waals surface area contributed by atoms with E-state index in [0.717, 1.165) is 5.57 Å². The van der Waals surface area contributed by atoms with Gasteiger partial charge in [0.25, 0.3) is 0 Å². The van der Waals surface area contributed by atoms with Crippen LogP contribution in [0, 0.1) is 28.6 Å². The number of carbonyl (C=O) groups is 3. The molecule has 0 radical (unpaired) electrons. The van der Waals surface area contributed by atoms with Crippen LogP contribution in [-0.2, 0) is 14.4 Å². The first-order chi connectivity index (χ1) is 12.6. The third-order valence-corrected chi connectivity index (χ3v) is 8.53. The summed E-state index contributed by atoms with van der Waals surface area (Å²) in [5.41, 5.74) is -2.45. The molecule has 148 valence electrons. The van der Waals surface area contributed by atoms with Gasteiger partial charge >= 0.3 is 0 Å². The quantitative estimate of drug-likeness (QED) is 0.662. The minimum atomic E-state index is -1.68. The van der Waals surface area contributed by atoms with Gasteiger partial charge in [-0.2, -0.15) is 0 Å². The van der Waals surface area contributed by atoms with E-state index in [0.29, 0.717) is 19.3 Å². The van der Waals surface area contributed by atoms with Gasteiger partial charge < -0.3 is 15.3 Å². The van der Waals surface area contributed by atoms with Gasteiger partial charge in [0, 0.05) is 29.6 Å². The second-order valence-corrected chi connectivity index (χ2v) is 9.47. The first-order valence-corrected chi connectivity index (χ1v) is 9.91. The van der Waals surface area contributed by atoms with Crippen LogP contribution in [0.2, 0.25) is 0 Å². The van der Waals surface area contributed by atoms with Gasteiger partial charge in [0.1, 0.15) is 18.0 Å². The first kappa shape index (κ1) is 19.0. The van der Waals surface area contributed by atoms with Crippen molar-refractivity contribution in [2.24, 2.45) is 28.6 Å². The van der Waals surface area contributed by atoms with Crippen molar-refractivity contribution in [3.63, 3.8) is 0 Å². The van der Waals surface area contributed by atoms with Gasteiger partial charge in [-0.3, -0.25) is 14.4 Å². The van der Waals surface area contributed by atoms with Crippen molar-refractivity contribution in [1.82, 2.24) is 0 Å². The lowest BCUT2D eigenvalue weighted by Crippen LogP contribution is -2.62. The smallest absolute Gasteiger partial charge is 0.190 e. The molecule has 0 spiro atoms. The zero-order valence-corrected chi connectivity index (χ0v) is 15.9. The molecule has 4 aliphatic rings. The molecule has 0 saturated heterocycles. The fourth-order valence-corrected chi connectivity index (χ4v) is 7.01. The van der Waals surface area contributed by atoms with E-state index >= 15 is 0 Å². The fraction of sp³-hybridized carbons (Fsp3) is 0.762. The van der Waals surface area contributed by atoms with Gasteiger partial charge in [-0.05, 0) is 43.6 Å². The molecule has 4 aliphatic carbocycles. The van der Waals surface area contributed by atoms with Crippen LogP contribution in [0.5, 0.6) is 0 Å². The Bertz CT molecular complexity index is 756. The lowest BCUT2D eigenvalue weighted by molar-refractivity contribution is -0.174. The number of Topliss-reactive ketones (excluding diaryl/α,β-unsaturated/α-hetero) is 2. The molecule has 7 atom stereocenters. The number of aliphatic hydroxyl groups is 3. The average molecular weight is 376 g/mol. The summed E-state index contributed by atoms with van der Waals surface area (Å²) < 4.78 is 0. The summed E-state index contributed by atoms with van der Waals surface area (Å²) in [6, 6.07) is 0. The number of fused-ring (bicyclic) bond motifs is 5. The van der Waals surface area contributed by atoms with Crippen molar-refractivity contribution in [2.45, 2.75) is 64.1 Å². The Morgan fingerprint density at radius 2 is 1.96 bits per heavy atom. The summed E-state index contributed by atoms with van der Waals surface area (Å²) in [6.45, 7) is 2.97. The van der Waals surface area contributed by atoms with Crippen LogP contribution in [0.4, 0.5) is 0 Å². The molecule has 3 fully saturated rings. The van der Waals surface area contributed by atoms with Crippen LogP contribution < -0.4 is 0 Å². The zero-order valence-electron chi connectivity index (χ0n) is 15.9. The molecular formula is C21H28O6. The first-order valence-electron chi connectivity index (χ1n) is 9.91. The number of rotatable bonds is 2. The molecule has 0 aromatic rings. The van der Waals surface area contributed by atoms with Crippen LogP contribution in [0.1, 0.15) is 52.4 Å². The summed E-state index contributed by atoms with van der Waals surface area (Å²) in [4.78, 5) is 37.6. The monoisotopic (exact) mass is 376 g/mol. The Kier molecular flexibility index (Phi) is 4.09. The van der Waals surface area contributed by atoms with Gasteiger partial charge in [-0.25, -0.2) is 0 Å². The van der Waals surface area contributed by atoms with E-state index in [2.05, 4.69) is 0 Å². The predicted molar refractivity (Wildman–Crippen MR) is 95.5 cm³/mol. The molecule has 0 heterocycles. The minimum absolute atomic E-state index is 0.0242. The molecular weight excluding hydrogens is 348 g/mol. The third kappa shape index (κ3) is 2.21. The van der Waals surface area contributed by atoms with Crippen LogP contribution in [-0.4, -0.2) is 51.0 Å². The second-order valence-electron chi connectivity index (χ2n) is 9.47. The molecule has 6 heteroatoms. The molecule has 4 rings (SSSR count). The van der Waals surface area contributed by atoms with E-state index in [1.807, 2.05) is 6.92 Å². The standard InChI is InChI=1S/C21H28O6/c1-19-9-15(24)18-13(14(19)5-6-21(19,27)17(26)10-22)4-3-11-7-12(23)8-16(25)20(11,18)2/h7,13-14,16,18,22,25,27H,3-6,8-10H2,1-2H3/t13?,14?,16?,18?,19-,20+,21-/m0/s1. The van der Waals surface area contributed by atoms with E-state index in [4.69, 9.17) is 0 Å². The number of hydrogen-bond donors (Lipinski definition) is 3. The Hall–Kier alpha value is -1.37. The van der Waals surface area contributed by atoms with E-state index in [1.54, 1.807) is 13.0 Å². The maximum Gasteiger partial charge on any atom is 0.190 e. The van der Waals surface area contributed by atoms with E-state index < -0.39 is 40.8 Å². The van der Waals surface area contributed by atoms with Crippen LogP contribution in [0.3, 0.4) is 0 Å². The molecule has 0 aromatic carbocycles. The summed E-state index contributed by atoms with van der Waals surface area (Å²) in [6.07, 6.45) is 3.06. The highest BCUT2D eigenvalue weighted by Gasteiger charge is 2.69. The molecule has 27 heavy (non-hydrogen) atoms. The maximum absolute atomic E-state index is 13.4. The van der Waals surface area contributed by atoms with Crippen molar-refractivity contribution < 1.29 is 29.7 Å². The number of carbonyl (C=O) groups excluding carboxylic acids is 3. The van der Waals surface area contributed by atoms with Crippen molar-refractivity contribution in [3.8, 4) is 0 Å². The largest absolute Gasteiger partial charge is 0.392 e. The van der Waals surface area contributed by atoms with Crippen LogP contribution in [0.15, 0.2) is 11.6 Å². The molecule has 0 aromatic heterocycles. The maximum atomic E-state index is 13.4. The lowest BCUT2D eigenvalue weighted by Gasteiger charge is -2.58. The van der Waals surface area contributed by atoms with E-state index in [9.17, 15) is 29.7 Å². The summed E-state index contributed by atoms with van der Waals surface area (Å²) in [5, 5.41) is 31.3. The SMILES string of the molecule is C[C@@]12C(=CC(=O)CC1O)CCC1C2C(=O)C[C@@]2(C)C1CC[C@]2(O)C(=O)CO. The van der Waals surface area contributed by atoms with Crippen molar-refractivity contribution in [3.05, 3.63) is 11.6 Å². The second kappa shape index (κ2) is 5.82. The van der Waals surface area contributed by atoms with Crippen molar-refractivity contribution in [2.75, 3.05) is 6.61 Å². The van der Waals surface area contributed by atoms with Gasteiger partial charge in [-0.15, -0.1) is 0 Å². The third-order valence-electron chi connectivity index (χ3n) is 8.53. The highest BCUT2D eigenvalue weighted by Crippen LogP contribution is 2.66. The number of aliphatic hydroxyl groups excluding tert-OH is 2. The van der Waals surface area contributed by atoms with Crippen molar-refractivity contribution >= 4 is 17.3 Å². The Morgan fingerprint density at radius 3 is 2.63 bits per heavy atom. The fourth-order valence-electron chi connectivity index (χ4n) is 7.01. The van der Waals surface area contributed by atoms with Gasteiger partial charge in [0.2, 0.25) is 0 Å². The van der Waals surface area contributed by atoms with E-state index in [-0.39, 0.29) is 42.7 Å². The summed E-state index contributed by atoms with van der Waals surface area (Å²) in [7, 11) is 0. The van der Waals surface area contributed by atoms with Crippen LogP contribution >= 0.6 is 0 Å². The highest BCUT2D eigenvalue weighted by atomic mass is 16.3. The molecule has 0 aliphatic heterocycles. The highest BCUT2D eigenvalue weighted by molar-refractivity contribution is 5.95. The Labute approximate surface area is 158 Å². The van der Waals surface area contributed by atoms with Crippen LogP contribution in [0.25, 0.3) is 0 Å².